The Morgan fingerprint density at radius 3 is 2.77 bits per heavy atom. The number of alkyl halides is 3. The van der Waals surface area contributed by atoms with E-state index >= 15 is 0 Å². The fraction of sp³-hybridized carbons (Fsp3) is 0.280. The van der Waals surface area contributed by atoms with Crippen LogP contribution in [0.4, 0.5) is 24.7 Å². The maximum atomic E-state index is 13.7. The Hall–Kier alpha value is -4.93. The third-order valence-corrected chi connectivity index (χ3v) is 5.83. The topological polar surface area (TPSA) is 142 Å². The number of carbonyl (C=O) groups excluding carboxylic acids is 2. The molecule has 0 bridgehead atoms. The predicted molar refractivity (Wildman–Crippen MR) is 135 cm³/mol. The van der Waals surface area contributed by atoms with Gasteiger partial charge in [0.15, 0.2) is 17.2 Å². The fourth-order valence-electron chi connectivity index (χ4n) is 4.05. The van der Waals surface area contributed by atoms with Gasteiger partial charge in [0.1, 0.15) is 6.54 Å². The van der Waals surface area contributed by atoms with Crippen molar-refractivity contribution in [3.63, 3.8) is 0 Å². The number of benzene rings is 1. The van der Waals surface area contributed by atoms with Crippen LogP contribution in [0.1, 0.15) is 35.0 Å². The van der Waals surface area contributed by atoms with Crippen LogP contribution in [0, 0.1) is 11.3 Å². The van der Waals surface area contributed by atoms with Gasteiger partial charge in [0.25, 0.3) is 5.91 Å². The summed E-state index contributed by atoms with van der Waals surface area (Å²) in [6.07, 6.45) is 2.41. The van der Waals surface area contributed by atoms with Gasteiger partial charge in [-0.3, -0.25) is 18.7 Å². The summed E-state index contributed by atoms with van der Waals surface area (Å²) in [4.78, 5) is 31.5. The minimum atomic E-state index is -4.73. The second kappa shape index (κ2) is 11.6. The number of amides is 2. The van der Waals surface area contributed by atoms with Gasteiger partial charge in [0.2, 0.25) is 6.41 Å². The van der Waals surface area contributed by atoms with Gasteiger partial charge in [-0.15, -0.1) is 0 Å². The Labute approximate surface area is 220 Å². The Kier molecular flexibility index (Phi) is 8.09. The number of imidazole rings is 1. The van der Waals surface area contributed by atoms with E-state index in [1.807, 2.05) is 6.92 Å². The molecule has 4 rings (SSSR count). The Morgan fingerprint density at radius 2 is 2.05 bits per heavy atom. The van der Waals surface area contributed by atoms with Gasteiger partial charge in [-0.05, 0) is 36.6 Å². The molecule has 0 atom stereocenters. The minimum absolute atomic E-state index is 0.136. The molecule has 0 unspecified atom stereocenters. The van der Waals surface area contributed by atoms with Gasteiger partial charge in [-0.25, -0.2) is 9.97 Å². The summed E-state index contributed by atoms with van der Waals surface area (Å²) in [7, 11) is 0. The van der Waals surface area contributed by atoms with Crippen LogP contribution in [-0.2, 0) is 23.9 Å². The predicted octanol–water partition coefficient (Wildman–Crippen LogP) is 3.31. The van der Waals surface area contributed by atoms with Crippen LogP contribution in [0.3, 0.4) is 0 Å². The first-order chi connectivity index (χ1) is 18.8. The van der Waals surface area contributed by atoms with Crippen LogP contribution >= 0.6 is 0 Å². The molecular formula is C25H24F3N9O2. The first-order valence-electron chi connectivity index (χ1n) is 12.0. The first-order valence-corrected chi connectivity index (χ1v) is 12.0. The van der Waals surface area contributed by atoms with E-state index in [0.29, 0.717) is 49.4 Å². The molecule has 1 aromatic carbocycles. The molecule has 0 saturated carbocycles. The van der Waals surface area contributed by atoms with Crippen LogP contribution in [0.15, 0.2) is 43.0 Å². The van der Waals surface area contributed by atoms with E-state index in [0.717, 1.165) is 10.2 Å². The van der Waals surface area contributed by atoms with E-state index in [4.69, 9.17) is 5.26 Å². The number of nitriles is 1. The quantitative estimate of drug-likeness (QED) is 0.196. The number of rotatable bonds is 11. The van der Waals surface area contributed by atoms with Crippen molar-refractivity contribution in [1.29, 1.82) is 5.26 Å². The van der Waals surface area contributed by atoms with E-state index in [2.05, 4.69) is 31.0 Å². The summed E-state index contributed by atoms with van der Waals surface area (Å²) >= 11 is 0. The molecule has 11 nitrogen and oxygen atoms in total. The lowest BCUT2D eigenvalue weighted by Gasteiger charge is -2.13. The number of nitrogens with one attached hydrogen (secondary N) is 3. The van der Waals surface area contributed by atoms with Gasteiger partial charge in [-0.2, -0.15) is 23.5 Å². The molecule has 3 heterocycles. The standard InChI is InChI=1S/C25H24F3N9O2/c1-2-16-12-17(4-5-18(16)24(39)32-8-3-7-30-15-38)34-22-23-33-13-20(37(23)11-9-31-22)19-14-36(10-6-29)35-21(19)25(26,27)28/h4-5,9,11-15H,2-3,7-8,10H2,1H3,(H,30,38)(H,31,34)(H,32,39). The molecule has 39 heavy (non-hydrogen) atoms. The fourth-order valence-corrected chi connectivity index (χ4v) is 4.05. The Morgan fingerprint density at radius 1 is 1.23 bits per heavy atom. The van der Waals surface area contributed by atoms with Crippen molar-refractivity contribution in [1.82, 2.24) is 34.8 Å². The van der Waals surface area contributed by atoms with Crippen molar-refractivity contribution in [2.75, 3.05) is 18.4 Å². The molecule has 4 aromatic rings. The normalized spacial score (nSPS) is 11.3. The molecule has 0 radical (unpaired) electrons. The average Bonchev–Trinajstić information content (AvgIpc) is 3.53. The first kappa shape index (κ1) is 27.1. The summed E-state index contributed by atoms with van der Waals surface area (Å²) in [5.41, 5.74) is 0.977. The number of halogens is 3. The van der Waals surface area contributed by atoms with Crippen LogP contribution in [0.25, 0.3) is 16.9 Å². The zero-order valence-electron chi connectivity index (χ0n) is 20.8. The number of aryl methyl sites for hydroxylation is 1. The lowest BCUT2D eigenvalue weighted by atomic mass is 10.0. The molecule has 3 N–H and O–H groups in total. The molecule has 14 heteroatoms. The van der Waals surface area contributed by atoms with Gasteiger partial charge in [-0.1, -0.05) is 6.92 Å². The highest BCUT2D eigenvalue weighted by atomic mass is 19.4. The summed E-state index contributed by atoms with van der Waals surface area (Å²) in [6.45, 7) is 2.44. The second-order valence-electron chi connectivity index (χ2n) is 8.39. The lowest BCUT2D eigenvalue weighted by Crippen LogP contribution is -2.27. The molecule has 0 spiro atoms. The van der Waals surface area contributed by atoms with Crippen molar-refractivity contribution in [3.8, 4) is 17.3 Å². The molecule has 3 aromatic heterocycles. The van der Waals surface area contributed by atoms with E-state index in [1.54, 1.807) is 24.3 Å². The number of aromatic nitrogens is 5. The van der Waals surface area contributed by atoms with E-state index < -0.39 is 11.9 Å². The van der Waals surface area contributed by atoms with Crippen molar-refractivity contribution in [2.24, 2.45) is 0 Å². The van der Waals surface area contributed by atoms with Gasteiger partial charge < -0.3 is 16.0 Å². The summed E-state index contributed by atoms with van der Waals surface area (Å²) in [5.74, 6) is 0.0590. The summed E-state index contributed by atoms with van der Waals surface area (Å²) < 4.78 is 43.4. The monoisotopic (exact) mass is 539 g/mol. The second-order valence-corrected chi connectivity index (χ2v) is 8.39. The lowest BCUT2D eigenvalue weighted by molar-refractivity contribution is -0.141. The number of hydrogen-bond donors (Lipinski definition) is 3. The number of hydrogen-bond acceptors (Lipinski definition) is 7. The third kappa shape index (κ3) is 5.98. The molecule has 0 saturated heterocycles. The Balaban J connectivity index is 1.60. The maximum Gasteiger partial charge on any atom is 0.435 e. The van der Waals surface area contributed by atoms with Crippen molar-refractivity contribution < 1.29 is 22.8 Å². The van der Waals surface area contributed by atoms with Crippen LogP contribution in [0.2, 0.25) is 0 Å². The number of fused-ring (bicyclic) bond motifs is 1. The molecule has 202 valence electrons. The van der Waals surface area contributed by atoms with Gasteiger partial charge in [0.05, 0.1) is 23.5 Å². The van der Waals surface area contributed by atoms with Crippen molar-refractivity contribution >= 4 is 29.5 Å². The van der Waals surface area contributed by atoms with Crippen molar-refractivity contribution in [2.45, 2.75) is 32.5 Å². The highest BCUT2D eigenvalue weighted by molar-refractivity contribution is 5.96. The Bertz CT molecular complexity index is 1540. The SMILES string of the molecule is CCc1cc(Nc2nccn3c(-c4cn(CC#N)nc4C(F)(F)F)cnc23)ccc1C(=O)NCCCNC=O. The molecule has 0 aliphatic carbocycles. The van der Waals surface area contributed by atoms with E-state index in [1.165, 1.54) is 29.2 Å². The average molecular weight is 540 g/mol. The number of anilines is 2. The highest BCUT2D eigenvalue weighted by Gasteiger charge is 2.38. The maximum absolute atomic E-state index is 13.7. The molecular weight excluding hydrogens is 515 g/mol. The van der Waals surface area contributed by atoms with Crippen LogP contribution < -0.4 is 16.0 Å². The zero-order chi connectivity index (χ0) is 28.0. The summed E-state index contributed by atoms with van der Waals surface area (Å²) in [6, 6.07) is 6.96. The van der Waals surface area contributed by atoms with E-state index in [9.17, 15) is 22.8 Å². The van der Waals surface area contributed by atoms with Gasteiger partial charge >= 0.3 is 6.18 Å². The molecule has 0 aliphatic heterocycles. The van der Waals surface area contributed by atoms with Gasteiger partial charge in [0, 0.05) is 42.9 Å². The molecule has 0 fully saturated rings. The highest BCUT2D eigenvalue weighted by Crippen LogP contribution is 2.37. The summed E-state index contributed by atoms with van der Waals surface area (Å²) in [5, 5.41) is 20.9. The van der Waals surface area contributed by atoms with Crippen molar-refractivity contribution in [3.05, 3.63) is 59.8 Å². The van der Waals surface area contributed by atoms with E-state index in [-0.39, 0.29) is 29.4 Å². The van der Waals surface area contributed by atoms with Crippen LogP contribution in [0.5, 0.6) is 0 Å². The smallest absolute Gasteiger partial charge is 0.359 e. The molecule has 0 aliphatic rings. The number of carbonyl (C=O) groups is 2. The third-order valence-electron chi connectivity index (χ3n) is 5.83. The zero-order valence-corrected chi connectivity index (χ0v) is 20.8. The number of nitrogens with zero attached hydrogens (tertiary/aromatic N) is 6. The largest absolute Gasteiger partial charge is 0.435 e. The minimum Gasteiger partial charge on any atom is -0.359 e. The van der Waals surface area contributed by atoms with Crippen LogP contribution in [-0.4, -0.2) is 49.6 Å². The molecule has 2 amide bonds.